The Labute approximate surface area is 185 Å². The van der Waals surface area contributed by atoms with E-state index in [1.165, 1.54) is 0 Å². The molecule has 1 rings (SSSR count). The lowest BCUT2D eigenvalue weighted by Gasteiger charge is -2.47. The van der Waals surface area contributed by atoms with Crippen LogP contribution in [0.15, 0.2) is 0 Å². The molecule has 0 spiro atoms. The summed E-state index contributed by atoms with van der Waals surface area (Å²) in [5, 5.41) is 6.49. The standard InChI is InChI=1S/C24H48N4O2/c1-16(2)27(17(3)4)21(29)25-15-24(11)13-20(12-23(9,10)14-24)26-22(30)28(18(5)6)19(7)8/h16-20H,12-15H2,1-11H3,(H,25,29)(H,26,30). The molecule has 0 aromatic heterocycles. The highest BCUT2D eigenvalue weighted by Gasteiger charge is 2.42. The molecule has 6 heteroatoms. The molecule has 2 atom stereocenters. The van der Waals surface area contributed by atoms with Gasteiger partial charge in [0.15, 0.2) is 0 Å². The average molecular weight is 425 g/mol. The molecule has 0 aromatic carbocycles. The predicted octanol–water partition coefficient (Wildman–Crippen LogP) is 5.23. The van der Waals surface area contributed by atoms with Gasteiger partial charge in [0.05, 0.1) is 0 Å². The van der Waals surface area contributed by atoms with Crippen LogP contribution in [0.3, 0.4) is 0 Å². The molecule has 30 heavy (non-hydrogen) atoms. The molecule has 1 aliphatic rings. The number of carbonyl (C=O) groups excluding carboxylic acids is 2. The van der Waals surface area contributed by atoms with Crippen LogP contribution in [0.25, 0.3) is 0 Å². The largest absolute Gasteiger partial charge is 0.337 e. The predicted molar refractivity (Wildman–Crippen MR) is 126 cm³/mol. The van der Waals surface area contributed by atoms with Gasteiger partial charge in [0, 0.05) is 36.8 Å². The van der Waals surface area contributed by atoms with E-state index in [0.29, 0.717) is 6.54 Å². The molecule has 0 aliphatic heterocycles. The first-order valence-electron chi connectivity index (χ1n) is 11.7. The van der Waals surface area contributed by atoms with E-state index < -0.39 is 0 Å². The third-order valence-corrected chi connectivity index (χ3v) is 6.13. The fourth-order valence-corrected chi connectivity index (χ4v) is 5.63. The summed E-state index contributed by atoms with van der Waals surface area (Å²) in [6.07, 6.45) is 2.85. The lowest BCUT2D eigenvalue weighted by Crippen LogP contribution is -2.56. The monoisotopic (exact) mass is 424 g/mol. The summed E-state index contributed by atoms with van der Waals surface area (Å²) < 4.78 is 0. The Balaban J connectivity index is 2.88. The number of hydrogen-bond donors (Lipinski definition) is 2. The number of carbonyl (C=O) groups is 2. The highest BCUT2D eigenvalue weighted by Crippen LogP contribution is 2.45. The Kier molecular flexibility index (Phi) is 9.06. The second-order valence-electron chi connectivity index (χ2n) is 11.6. The van der Waals surface area contributed by atoms with Crippen molar-refractivity contribution in [2.45, 2.75) is 126 Å². The van der Waals surface area contributed by atoms with Gasteiger partial charge in [-0.2, -0.15) is 0 Å². The number of nitrogens with zero attached hydrogens (tertiary/aromatic N) is 2. The normalized spacial score (nSPS) is 23.8. The van der Waals surface area contributed by atoms with Gasteiger partial charge in [-0.3, -0.25) is 0 Å². The van der Waals surface area contributed by atoms with Gasteiger partial charge in [-0.05, 0) is 85.5 Å². The topological polar surface area (TPSA) is 64.7 Å². The van der Waals surface area contributed by atoms with Crippen LogP contribution in [0.5, 0.6) is 0 Å². The Morgan fingerprint density at radius 2 is 1.23 bits per heavy atom. The van der Waals surface area contributed by atoms with Crippen molar-refractivity contribution in [1.29, 1.82) is 0 Å². The number of urea groups is 2. The van der Waals surface area contributed by atoms with Crippen molar-refractivity contribution in [1.82, 2.24) is 20.4 Å². The van der Waals surface area contributed by atoms with Crippen molar-refractivity contribution < 1.29 is 9.59 Å². The quantitative estimate of drug-likeness (QED) is 0.588. The highest BCUT2D eigenvalue weighted by atomic mass is 16.2. The summed E-state index contributed by atoms with van der Waals surface area (Å²) in [4.78, 5) is 29.6. The van der Waals surface area contributed by atoms with Gasteiger partial charge in [-0.1, -0.05) is 20.8 Å². The molecule has 4 amide bonds. The first-order valence-corrected chi connectivity index (χ1v) is 11.7. The van der Waals surface area contributed by atoms with E-state index >= 15 is 0 Å². The molecular weight excluding hydrogens is 376 g/mol. The van der Waals surface area contributed by atoms with Crippen molar-refractivity contribution in [3.05, 3.63) is 0 Å². The SMILES string of the molecule is CC(C)N(C(=O)NCC1(C)CC(NC(=O)N(C(C)C)C(C)C)CC(C)(C)C1)C(C)C. The van der Waals surface area contributed by atoms with Crippen molar-refractivity contribution in [3.8, 4) is 0 Å². The van der Waals surface area contributed by atoms with Gasteiger partial charge < -0.3 is 20.4 Å². The zero-order valence-electron chi connectivity index (χ0n) is 21.4. The molecule has 1 fully saturated rings. The fourth-order valence-electron chi connectivity index (χ4n) is 5.63. The Morgan fingerprint density at radius 3 is 1.67 bits per heavy atom. The summed E-state index contributed by atoms with van der Waals surface area (Å²) in [7, 11) is 0. The zero-order chi connectivity index (χ0) is 23.4. The van der Waals surface area contributed by atoms with E-state index in [-0.39, 0.29) is 53.1 Å². The van der Waals surface area contributed by atoms with Gasteiger partial charge in [-0.25, -0.2) is 9.59 Å². The van der Waals surface area contributed by atoms with Crippen LogP contribution in [-0.2, 0) is 0 Å². The number of rotatable bonds is 7. The molecule has 1 saturated carbocycles. The molecule has 0 radical (unpaired) electrons. The van der Waals surface area contributed by atoms with Crippen LogP contribution in [-0.4, -0.2) is 58.6 Å². The molecule has 6 nitrogen and oxygen atoms in total. The third kappa shape index (κ3) is 7.35. The summed E-state index contributed by atoms with van der Waals surface area (Å²) in [6.45, 7) is 23.8. The molecule has 0 aromatic rings. The van der Waals surface area contributed by atoms with Gasteiger partial charge >= 0.3 is 12.1 Å². The van der Waals surface area contributed by atoms with Gasteiger partial charge in [-0.15, -0.1) is 0 Å². The van der Waals surface area contributed by atoms with Crippen LogP contribution >= 0.6 is 0 Å². The Morgan fingerprint density at radius 1 is 0.800 bits per heavy atom. The molecule has 2 N–H and O–H groups in total. The third-order valence-electron chi connectivity index (χ3n) is 6.13. The molecule has 0 heterocycles. The smallest absolute Gasteiger partial charge is 0.318 e. The molecule has 2 unspecified atom stereocenters. The van der Waals surface area contributed by atoms with Crippen LogP contribution in [0.2, 0.25) is 0 Å². The van der Waals surface area contributed by atoms with Crippen molar-refractivity contribution in [2.24, 2.45) is 10.8 Å². The number of nitrogens with one attached hydrogen (secondary N) is 2. The average Bonchev–Trinajstić information content (AvgIpc) is 2.49. The van der Waals surface area contributed by atoms with Crippen LogP contribution in [0.1, 0.15) is 95.4 Å². The van der Waals surface area contributed by atoms with E-state index in [0.717, 1.165) is 19.3 Å². The second-order valence-corrected chi connectivity index (χ2v) is 11.6. The molecular formula is C24H48N4O2. The molecule has 176 valence electrons. The summed E-state index contributed by atoms with van der Waals surface area (Å²) in [5.41, 5.74) is 0.0431. The lowest BCUT2D eigenvalue weighted by molar-refractivity contribution is 0.0675. The number of hydrogen-bond acceptors (Lipinski definition) is 2. The first-order chi connectivity index (χ1) is 13.6. The second kappa shape index (κ2) is 10.2. The van der Waals surface area contributed by atoms with E-state index in [9.17, 15) is 9.59 Å². The van der Waals surface area contributed by atoms with E-state index in [2.05, 4.69) is 59.1 Å². The molecule has 0 bridgehead atoms. The molecule has 1 aliphatic carbocycles. The minimum absolute atomic E-state index is 0.00372. The molecule has 0 saturated heterocycles. The van der Waals surface area contributed by atoms with E-state index in [4.69, 9.17) is 0 Å². The fraction of sp³-hybridized carbons (Fsp3) is 0.917. The Bertz CT molecular complexity index is 570. The Hall–Kier alpha value is -1.46. The number of amides is 4. The zero-order valence-corrected chi connectivity index (χ0v) is 21.4. The van der Waals surface area contributed by atoms with Gasteiger partial charge in [0.2, 0.25) is 0 Å². The minimum atomic E-state index is -0.0600. The summed E-state index contributed by atoms with van der Waals surface area (Å²) in [5.74, 6) is 0. The summed E-state index contributed by atoms with van der Waals surface area (Å²) in [6, 6.07) is 0.748. The van der Waals surface area contributed by atoms with Crippen LogP contribution in [0.4, 0.5) is 9.59 Å². The van der Waals surface area contributed by atoms with E-state index in [1.807, 2.05) is 37.5 Å². The van der Waals surface area contributed by atoms with Crippen LogP contribution in [0, 0.1) is 10.8 Å². The van der Waals surface area contributed by atoms with Crippen molar-refractivity contribution >= 4 is 12.1 Å². The maximum Gasteiger partial charge on any atom is 0.318 e. The van der Waals surface area contributed by atoms with E-state index in [1.54, 1.807) is 0 Å². The van der Waals surface area contributed by atoms with Crippen LogP contribution < -0.4 is 10.6 Å². The minimum Gasteiger partial charge on any atom is -0.337 e. The van der Waals surface area contributed by atoms with Crippen molar-refractivity contribution in [2.75, 3.05) is 6.54 Å². The highest BCUT2D eigenvalue weighted by molar-refractivity contribution is 5.75. The van der Waals surface area contributed by atoms with Gasteiger partial charge in [0.1, 0.15) is 0 Å². The maximum absolute atomic E-state index is 13.0. The maximum atomic E-state index is 13.0. The lowest BCUT2D eigenvalue weighted by atomic mass is 9.62. The van der Waals surface area contributed by atoms with Gasteiger partial charge in [0.25, 0.3) is 0 Å². The summed E-state index contributed by atoms with van der Waals surface area (Å²) >= 11 is 0. The first kappa shape index (κ1) is 26.6. The van der Waals surface area contributed by atoms with Crippen molar-refractivity contribution in [3.63, 3.8) is 0 Å².